The minimum atomic E-state index is 0.0694. The van der Waals surface area contributed by atoms with E-state index in [0.29, 0.717) is 19.1 Å². The second kappa shape index (κ2) is 7.40. The van der Waals surface area contributed by atoms with Crippen molar-refractivity contribution in [1.29, 1.82) is 0 Å². The van der Waals surface area contributed by atoms with E-state index in [9.17, 15) is 4.79 Å². The maximum absolute atomic E-state index is 11.6. The lowest BCUT2D eigenvalue weighted by atomic mass is 10.2. The van der Waals surface area contributed by atoms with Crippen LogP contribution in [0, 0.1) is 6.92 Å². The Morgan fingerprint density at radius 1 is 1.47 bits per heavy atom. The van der Waals surface area contributed by atoms with Crippen LogP contribution < -0.4 is 10.6 Å². The van der Waals surface area contributed by atoms with E-state index >= 15 is 0 Å². The van der Waals surface area contributed by atoms with Crippen molar-refractivity contribution < 1.29 is 4.79 Å². The summed E-state index contributed by atoms with van der Waals surface area (Å²) in [5.41, 5.74) is 0. The summed E-state index contributed by atoms with van der Waals surface area (Å²) in [6, 6.07) is 0.301. The smallest absolute Gasteiger partial charge is 0.234 e. The number of thiazole rings is 1. The zero-order valence-electron chi connectivity index (χ0n) is 10.7. The summed E-state index contributed by atoms with van der Waals surface area (Å²) in [4.78, 5) is 16.9. The zero-order valence-corrected chi connectivity index (χ0v) is 11.6. The molecule has 0 saturated heterocycles. The van der Waals surface area contributed by atoms with Crippen molar-refractivity contribution in [2.24, 2.45) is 0 Å². The van der Waals surface area contributed by atoms with Crippen LogP contribution in [0.2, 0.25) is 0 Å². The maximum Gasteiger partial charge on any atom is 0.234 e. The molecule has 0 unspecified atom stereocenters. The van der Waals surface area contributed by atoms with Crippen LogP contribution in [0.15, 0.2) is 6.20 Å². The highest BCUT2D eigenvalue weighted by Crippen LogP contribution is 2.10. The Kier molecular flexibility index (Phi) is 6.15. The lowest BCUT2D eigenvalue weighted by molar-refractivity contribution is -0.121. The number of hydrogen-bond acceptors (Lipinski definition) is 4. The van der Waals surface area contributed by atoms with Crippen LogP contribution in [0.4, 0.5) is 0 Å². The van der Waals surface area contributed by atoms with Gasteiger partial charge < -0.3 is 10.6 Å². The van der Waals surface area contributed by atoms with E-state index in [0.717, 1.165) is 22.7 Å². The average Bonchev–Trinajstić information content (AvgIpc) is 2.72. The van der Waals surface area contributed by atoms with E-state index in [2.05, 4.69) is 29.5 Å². The van der Waals surface area contributed by atoms with Gasteiger partial charge in [-0.15, -0.1) is 11.3 Å². The molecular formula is C12H21N3OS. The molecule has 1 aromatic rings. The number of carbonyl (C=O) groups is 1. The highest BCUT2D eigenvalue weighted by molar-refractivity contribution is 7.11. The molecule has 0 fully saturated rings. The third-order valence-corrected chi connectivity index (χ3v) is 3.52. The van der Waals surface area contributed by atoms with Crippen LogP contribution in [0.1, 0.15) is 36.6 Å². The highest BCUT2D eigenvalue weighted by atomic mass is 32.1. The number of aryl methyl sites for hydroxylation is 1. The second-order valence-electron chi connectivity index (χ2n) is 4.03. The molecule has 0 aromatic carbocycles. The van der Waals surface area contributed by atoms with E-state index in [1.54, 1.807) is 11.3 Å². The number of nitrogens with zero attached hydrogens (tertiary/aromatic N) is 1. The molecule has 4 nitrogen and oxygen atoms in total. The molecule has 96 valence electrons. The van der Waals surface area contributed by atoms with Gasteiger partial charge in [-0.2, -0.15) is 0 Å². The van der Waals surface area contributed by atoms with Gasteiger partial charge in [0.1, 0.15) is 0 Å². The average molecular weight is 255 g/mol. The Labute approximate surface area is 107 Å². The molecule has 17 heavy (non-hydrogen) atoms. The van der Waals surface area contributed by atoms with Crippen molar-refractivity contribution in [3.05, 3.63) is 16.1 Å². The maximum atomic E-state index is 11.6. The minimum Gasteiger partial charge on any atom is -0.352 e. The van der Waals surface area contributed by atoms with Crippen LogP contribution in [-0.4, -0.2) is 23.5 Å². The number of hydrogen-bond donors (Lipinski definition) is 2. The minimum absolute atomic E-state index is 0.0694. The SMILES string of the molecule is CCC(CC)NC(=O)CNCc1cnc(C)s1. The number of aromatic nitrogens is 1. The normalized spacial score (nSPS) is 10.8. The lowest BCUT2D eigenvalue weighted by Gasteiger charge is -2.14. The van der Waals surface area contributed by atoms with E-state index < -0.39 is 0 Å². The Morgan fingerprint density at radius 3 is 2.71 bits per heavy atom. The van der Waals surface area contributed by atoms with Gasteiger partial charge in [0.05, 0.1) is 11.6 Å². The largest absolute Gasteiger partial charge is 0.352 e. The van der Waals surface area contributed by atoms with Crippen LogP contribution in [0.5, 0.6) is 0 Å². The summed E-state index contributed by atoms with van der Waals surface area (Å²) in [7, 11) is 0. The third-order valence-electron chi connectivity index (χ3n) is 2.60. The first-order chi connectivity index (χ1) is 8.15. The molecule has 2 N–H and O–H groups in total. The number of amides is 1. The molecule has 1 aromatic heterocycles. The molecule has 0 bridgehead atoms. The molecule has 0 radical (unpaired) electrons. The summed E-state index contributed by atoms with van der Waals surface area (Å²) in [6.45, 7) is 7.23. The third kappa shape index (κ3) is 5.28. The standard InChI is InChI=1S/C12H21N3OS/c1-4-10(5-2)15-12(16)8-13-6-11-7-14-9(3)17-11/h7,10,13H,4-6,8H2,1-3H3,(H,15,16). The van der Waals surface area contributed by atoms with Gasteiger partial charge in [-0.3, -0.25) is 4.79 Å². The number of rotatable bonds is 7. The quantitative estimate of drug-likeness (QED) is 0.782. The van der Waals surface area contributed by atoms with Gasteiger partial charge in [-0.25, -0.2) is 4.98 Å². The Hall–Kier alpha value is -0.940. The summed E-state index contributed by atoms with van der Waals surface area (Å²) in [5, 5.41) is 7.18. The molecule has 0 aliphatic carbocycles. The molecule has 0 atom stereocenters. The first-order valence-electron chi connectivity index (χ1n) is 6.07. The highest BCUT2D eigenvalue weighted by Gasteiger charge is 2.07. The van der Waals surface area contributed by atoms with Crippen LogP contribution in [-0.2, 0) is 11.3 Å². The first kappa shape index (κ1) is 14.1. The fraction of sp³-hybridized carbons (Fsp3) is 0.667. The zero-order chi connectivity index (χ0) is 12.7. The van der Waals surface area contributed by atoms with Crippen LogP contribution in [0.25, 0.3) is 0 Å². The van der Waals surface area contributed by atoms with Crippen molar-refractivity contribution in [2.45, 2.75) is 46.2 Å². The fourth-order valence-corrected chi connectivity index (χ4v) is 2.32. The summed E-state index contributed by atoms with van der Waals surface area (Å²) < 4.78 is 0. The van der Waals surface area contributed by atoms with E-state index in [-0.39, 0.29) is 5.91 Å². The molecule has 1 heterocycles. The van der Waals surface area contributed by atoms with Crippen molar-refractivity contribution in [3.8, 4) is 0 Å². The molecule has 0 aliphatic rings. The van der Waals surface area contributed by atoms with E-state index in [1.807, 2.05) is 13.1 Å². The second-order valence-corrected chi connectivity index (χ2v) is 5.35. The van der Waals surface area contributed by atoms with Crippen molar-refractivity contribution in [2.75, 3.05) is 6.54 Å². The Balaban J connectivity index is 2.20. The van der Waals surface area contributed by atoms with Gasteiger partial charge in [0.2, 0.25) is 5.91 Å². The Morgan fingerprint density at radius 2 is 2.18 bits per heavy atom. The van der Waals surface area contributed by atoms with E-state index in [1.165, 1.54) is 0 Å². The van der Waals surface area contributed by atoms with Gasteiger partial charge in [0.25, 0.3) is 0 Å². The number of nitrogens with one attached hydrogen (secondary N) is 2. The van der Waals surface area contributed by atoms with Gasteiger partial charge in [0, 0.05) is 23.7 Å². The monoisotopic (exact) mass is 255 g/mol. The van der Waals surface area contributed by atoms with E-state index in [4.69, 9.17) is 0 Å². The van der Waals surface area contributed by atoms with Crippen LogP contribution in [0.3, 0.4) is 0 Å². The fourth-order valence-electron chi connectivity index (χ4n) is 1.56. The molecule has 1 rings (SSSR count). The predicted molar refractivity (Wildman–Crippen MR) is 71.1 cm³/mol. The van der Waals surface area contributed by atoms with Gasteiger partial charge in [-0.05, 0) is 19.8 Å². The topological polar surface area (TPSA) is 54.0 Å². The van der Waals surface area contributed by atoms with Crippen molar-refractivity contribution >= 4 is 17.2 Å². The summed E-state index contributed by atoms with van der Waals surface area (Å²) in [5.74, 6) is 0.0694. The molecule has 0 spiro atoms. The summed E-state index contributed by atoms with van der Waals surface area (Å²) in [6.07, 6.45) is 3.82. The lowest BCUT2D eigenvalue weighted by Crippen LogP contribution is -2.39. The Bertz CT molecular complexity index is 347. The van der Waals surface area contributed by atoms with Crippen LogP contribution >= 0.6 is 11.3 Å². The molecule has 5 heteroatoms. The van der Waals surface area contributed by atoms with Gasteiger partial charge in [0.15, 0.2) is 0 Å². The molecule has 1 amide bonds. The first-order valence-corrected chi connectivity index (χ1v) is 6.88. The molecule has 0 saturated carbocycles. The van der Waals surface area contributed by atoms with Crippen molar-refractivity contribution in [1.82, 2.24) is 15.6 Å². The molecule has 0 aliphatic heterocycles. The van der Waals surface area contributed by atoms with Crippen molar-refractivity contribution in [3.63, 3.8) is 0 Å². The van der Waals surface area contributed by atoms with Gasteiger partial charge >= 0.3 is 0 Å². The predicted octanol–water partition coefficient (Wildman–Crippen LogP) is 1.85. The summed E-state index contributed by atoms with van der Waals surface area (Å²) >= 11 is 1.66. The van der Waals surface area contributed by atoms with Gasteiger partial charge in [-0.1, -0.05) is 13.8 Å². The molecular weight excluding hydrogens is 234 g/mol. The number of carbonyl (C=O) groups excluding carboxylic acids is 1.